The van der Waals surface area contributed by atoms with Crippen molar-refractivity contribution < 1.29 is 14.3 Å². The first-order valence-electron chi connectivity index (χ1n) is 10.8. The molecular weight excluding hydrogens is 352 g/mol. The van der Waals surface area contributed by atoms with E-state index in [0.29, 0.717) is 17.9 Å². The maximum atomic E-state index is 12.5. The quantitative estimate of drug-likeness (QED) is 0.756. The van der Waals surface area contributed by atoms with Crippen LogP contribution in [-0.4, -0.2) is 31.0 Å². The standard InChI is InChI=1S/C23H32N2O3/c1-3-28-20-7-5-4-6-19(20)22(27)24-14-21(26)25-15(2)23-11-16-8-17(12-23)10-18(9-16)13-23/h4-7,15-18H,3,8-14H2,1-2H3,(H,24,27)(H,25,26)/t15-,16?,17?,18?,23?/m1/s1. The van der Waals surface area contributed by atoms with Crippen LogP contribution in [0, 0.1) is 23.2 Å². The lowest BCUT2D eigenvalue weighted by molar-refractivity contribution is -0.124. The van der Waals surface area contributed by atoms with Gasteiger partial charge in [0.2, 0.25) is 5.91 Å². The third-order valence-electron chi connectivity index (χ3n) is 7.22. The molecule has 5 rings (SSSR count). The molecule has 4 bridgehead atoms. The minimum atomic E-state index is -0.276. The molecule has 152 valence electrons. The zero-order valence-electron chi connectivity index (χ0n) is 17.0. The summed E-state index contributed by atoms with van der Waals surface area (Å²) >= 11 is 0. The molecule has 2 amide bonds. The Kier molecular flexibility index (Phi) is 5.35. The van der Waals surface area contributed by atoms with Crippen LogP contribution < -0.4 is 15.4 Å². The summed E-state index contributed by atoms with van der Waals surface area (Å²) in [6, 6.07) is 7.29. The van der Waals surface area contributed by atoms with Crippen LogP contribution in [0.5, 0.6) is 5.75 Å². The Morgan fingerprint density at radius 2 is 1.71 bits per heavy atom. The smallest absolute Gasteiger partial charge is 0.255 e. The van der Waals surface area contributed by atoms with E-state index in [4.69, 9.17) is 4.74 Å². The van der Waals surface area contributed by atoms with Crippen LogP contribution >= 0.6 is 0 Å². The lowest BCUT2D eigenvalue weighted by atomic mass is 9.48. The van der Waals surface area contributed by atoms with Gasteiger partial charge in [0.25, 0.3) is 5.91 Å². The summed E-state index contributed by atoms with van der Waals surface area (Å²) in [6.45, 7) is 4.54. The summed E-state index contributed by atoms with van der Waals surface area (Å²) in [6.07, 6.45) is 7.97. The van der Waals surface area contributed by atoms with Crippen LogP contribution in [0.15, 0.2) is 24.3 Å². The maximum absolute atomic E-state index is 12.5. The number of para-hydroxylation sites is 1. The highest BCUT2D eigenvalue weighted by molar-refractivity contribution is 5.98. The first kappa shape index (κ1) is 19.3. The molecule has 4 aliphatic carbocycles. The molecule has 0 spiro atoms. The Hall–Kier alpha value is -2.04. The van der Waals surface area contributed by atoms with Gasteiger partial charge in [-0.2, -0.15) is 0 Å². The zero-order chi connectivity index (χ0) is 19.7. The predicted octanol–water partition coefficient (Wildman–Crippen LogP) is 3.54. The second-order valence-electron chi connectivity index (χ2n) is 9.18. The van der Waals surface area contributed by atoms with Gasteiger partial charge in [-0.25, -0.2) is 0 Å². The van der Waals surface area contributed by atoms with Gasteiger partial charge in [-0.05, 0) is 87.7 Å². The Balaban J connectivity index is 1.32. The fourth-order valence-electron chi connectivity index (χ4n) is 6.34. The molecule has 0 radical (unpaired) electrons. The van der Waals surface area contributed by atoms with Crippen molar-refractivity contribution in [3.63, 3.8) is 0 Å². The SMILES string of the molecule is CCOc1ccccc1C(=O)NCC(=O)N[C@H](C)C12CC3CC(CC(C3)C1)C2. The molecule has 28 heavy (non-hydrogen) atoms. The van der Waals surface area contributed by atoms with Crippen molar-refractivity contribution in [1.82, 2.24) is 10.6 Å². The molecule has 1 atom stereocenters. The van der Waals surface area contributed by atoms with Crippen molar-refractivity contribution in [2.24, 2.45) is 23.2 Å². The van der Waals surface area contributed by atoms with Gasteiger partial charge in [-0.3, -0.25) is 9.59 Å². The Morgan fingerprint density at radius 3 is 2.32 bits per heavy atom. The molecule has 1 aromatic carbocycles. The number of benzene rings is 1. The summed E-state index contributed by atoms with van der Waals surface area (Å²) in [5.41, 5.74) is 0.738. The van der Waals surface area contributed by atoms with E-state index in [1.807, 2.05) is 13.0 Å². The fraction of sp³-hybridized carbons (Fsp3) is 0.652. The lowest BCUT2D eigenvalue weighted by Crippen LogP contribution is -2.56. The molecule has 0 aromatic heterocycles. The second-order valence-corrected chi connectivity index (χ2v) is 9.18. The molecule has 4 fully saturated rings. The minimum absolute atomic E-state index is 0.00397. The molecule has 5 nitrogen and oxygen atoms in total. The normalized spacial score (nSPS) is 31.3. The third kappa shape index (κ3) is 3.76. The van der Waals surface area contributed by atoms with Gasteiger partial charge >= 0.3 is 0 Å². The Morgan fingerprint density at radius 1 is 1.11 bits per heavy atom. The molecule has 0 unspecified atom stereocenters. The number of carbonyl (C=O) groups is 2. The second kappa shape index (κ2) is 7.76. The Labute approximate surface area is 167 Å². The number of nitrogens with one attached hydrogen (secondary N) is 2. The fourth-order valence-corrected chi connectivity index (χ4v) is 6.34. The number of amides is 2. The number of hydrogen-bond donors (Lipinski definition) is 2. The highest BCUT2D eigenvalue weighted by Gasteiger charge is 2.53. The van der Waals surface area contributed by atoms with Gasteiger partial charge in [0, 0.05) is 6.04 Å². The summed E-state index contributed by atoms with van der Waals surface area (Å²) in [5.74, 6) is 2.75. The van der Waals surface area contributed by atoms with Crippen LogP contribution in [0.1, 0.15) is 62.7 Å². The molecule has 5 heteroatoms. The van der Waals surface area contributed by atoms with Crippen LogP contribution in [0.4, 0.5) is 0 Å². The molecule has 2 N–H and O–H groups in total. The number of carbonyl (C=O) groups excluding carboxylic acids is 2. The minimum Gasteiger partial charge on any atom is -0.493 e. The Bertz CT molecular complexity index is 710. The topological polar surface area (TPSA) is 67.4 Å². The molecular formula is C23H32N2O3. The van der Waals surface area contributed by atoms with Gasteiger partial charge < -0.3 is 15.4 Å². The van der Waals surface area contributed by atoms with Gasteiger partial charge in [0.05, 0.1) is 18.7 Å². The van der Waals surface area contributed by atoms with Crippen molar-refractivity contribution in [1.29, 1.82) is 0 Å². The van der Waals surface area contributed by atoms with Crippen LogP contribution in [-0.2, 0) is 4.79 Å². The van der Waals surface area contributed by atoms with E-state index in [-0.39, 0.29) is 29.8 Å². The van der Waals surface area contributed by atoms with E-state index in [1.165, 1.54) is 38.5 Å². The summed E-state index contributed by atoms with van der Waals surface area (Å²) in [7, 11) is 0. The van der Waals surface area contributed by atoms with Crippen LogP contribution in [0.2, 0.25) is 0 Å². The lowest BCUT2D eigenvalue weighted by Gasteiger charge is -2.59. The van der Waals surface area contributed by atoms with Crippen molar-refractivity contribution in [2.45, 2.75) is 58.4 Å². The molecule has 0 saturated heterocycles. The predicted molar refractivity (Wildman–Crippen MR) is 108 cm³/mol. The van der Waals surface area contributed by atoms with Crippen molar-refractivity contribution in [3.8, 4) is 5.75 Å². The molecule has 1 aromatic rings. The number of hydrogen-bond acceptors (Lipinski definition) is 3. The largest absolute Gasteiger partial charge is 0.493 e. The summed E-state index contributed by atoms with van der Waals surface area (Å²) in [4.78, 5) is 25.0. The molecule has 0 heterocycles. The van der Waals surface area contributed by atoms with Gasteiger partial charge in [-0.1, -0.05) is 12.1 Å². The first-order chi connectivity index (χ1) is 13.5. The van der Waals surface area contributed by atoms with Gasteiger partial charge in [-0.15, -0.1) is 0 Å². The van der Waals surface area contributed by atoms with E-state index in [0.717, 1.165) is 17.8 Å². The molecule has 4 saturated carbocycles. The molecule has 4 aliphatic rings. The van der Waals surface area contributed by atoms with Crippen molar-refractivity contribution in [2.75, 3.05) is 13.2 Å². The van der Waals surface area contributed by atoms with Crippen LogP contribution in [0.25, 0.3) is 0 Å². The maximum Gasteiger partial charge on any atom is 0.255 e. The van der Waals surface area contributed by atoms with Crippen LogP contribution in [0.3, 0.4) is 0 Å². The highest BCUT2D eigenvalue weighted by atomic mass is 16.5. The average Bonchev–Trinajstić information content (AvgIpc) is 2.66. The molecule has 0 aliphatic heterocycles. The summed E-state index contributed by atoms with van der Waals surface area (Å²) < 4.78 is 5.51. The zero-order valence-corrected chi connectivity index (χ0v) is 17.0. The van der Waals surface area contributed by atoms with Gasteiger partial charge in [0.15, 0.2) is 0 Å². The van der Waals surface area contributed by atoms with E-state index in [1.54, 1.807) is 18.2 Å². The van der Waals surface area contributed by atoms with E-state index in [9.17, 15) is 9.59 Å². The van der Waals surface area contributed by atoms with Crippen molar-refractivity contribution in [3.05, 3.63) is 29.8 Å². The highest BCUT2D eigenvalue weighted by Crippen LogP contribution is 2.61. The average molecular weight is 385 g/mol. The van der Waals surface area contributed by atoms with Gasteiger partial charge in [0.1, 0.15) is 5.75 Å². The summed E-state index contributed by atoms with van der Waals surface area (Å²) in [5, 5.41) is 5.94. The van der Waals surface area contributed by atoms with E-state index >= 15 is 0 Å². The number of ether oxygens (including phenoxy) is 1. The van der Waals surface area contributed by atoms with E-state index < -0.39 is 0 Å². The monoisotopic (exact) mass is 384 g/mol. The third-order valence-corrected chi connectivity index (χ3v) is 7.22. The van der Waals surface area contributed by atoms with E-state index in [2.05, 4.69) is 17.6 Å². The van der Waals surface area contributed by atoms with Crippen molar-refractivity contribution >= 4 is 11.8 Å². The number of rotatable bonds is 7. The first-order valence-corrected chi connectivity index (χ1v) is 10.8.